The molecule has 1 unspecified atom stereocenters. The summed E-state index contributed by atoms with van der Waals surface area (Å²) in [7, 11) is -2.96. The Balaban J connectivity index is 1.12. The lowest BCUT2D eigenvalue weighted by molar-refractivity contribution is -0.274. The highest BCUT2D eigenvalue weighted by Gasteiger charge is 2.66. The Kier molecular flexibility index (Phi) is 11.4. The van der Waals surface area contributed by atoms with Crippen LogP contribution in [0.15, 0.2) is 83.5 Å². The van der Waals surface area contributed by atoms with Crippen molar-refractivity contribution < 1.29 is 49.4 Å². The highest BCUT2D eigenvalue weighted by molar-refractivity contribution is 9.10. The lowest BCUT2D eigenvalue weighted by Crippen LogP contribution is -2.60. The summed E-state index contributed by atoms with van der Waals surface area (Å²) in [5.74, 6) is -1.88. The largest absolute Gasteiger partial charge is 0.432 e. The molecule has 1 spiro atoms. The average Bonchev–Trinajstić information content (AvgIpc) is 3.82. The van der Waals surface area contributed by atoms with Gasteiger partial charge in [0.15, 0.2) is 26.3 Å². The van der Waals surface area contributed by atoms with Gasteiger partial charge in [-0.1, -0.05) is 70.5 Å². The van der Waals surface area contributed by atoms with Crippen molar-refractivity contribution in [1.82, 2.24) is 15.0 Å². The number of nitrogens with zero attached hydrogens (tertiary/aromatic N) is 4. The number of aryl methyl sites for hydroxylation is 1. The molecule has 2 saturated heterocycles. The van der Waals surface area contributed by atoms with Crippen molar-refractivity contribution in [3.63, 3.8) is 0 Å². The molecule has 3 aliphatic rings. The summed E-state index contributed by atoms with van der Waals surface area (Å²) in [6.07, 6.45) is -7.14. The lowest BCUT2D eigenvalue weighted by Gasteiger charge is -2.37. The van der Waals surface area contributed by atoms with E-state index in [1.165, 1.54) is 0 Å². The van der Waals surface area contributed by atoms with Crippen molar-refractivity contribution >= 4 is 47.4 Å². The fourth-order valence-corrected chi connectivity index (χ4v) is 11.6. The van der Waals surface area contributed by atoms with Crippen LogP contribution in [0.25, 0.3) is 0 Å². The van der Waals surface area contributed by atoms with Gasteiger partial charge in [-0.15, -0.1) is 5.10 Å². The second kappa shape index (κ2) is 15.8. The number of hydrogen-bond acceptors (Lipinski definition) is 12. The number of aromatic nitrogens is 3. The van der Waals surface area contributed by atoms with E-state index in [0.717, 1.165) is 10.0 Å². The van der Waals surface area contributed by atoms with E-state index >= 15 is 0 Å². The van der Waals surface area contributed by atoms with E-state index in [-0.39, 0.29) is 30.5 Å². The van der Waals surface area contributed by atoms with Crippen LogP contribution in [0.1, 0.15) is 41.6 Å². The minimum absolute atomic E-state index is 0.103. The summed E-state index contributed by atoms with van der Waals surface area (Å²) in [5.41, 5.74) is 2.10. The molecule has 0 saturated carbocycles. The van der Waals surface area contributed by atoms with Crippen LogP contribution in [-0.2, 0) is 37.8 Å². The van der Waals surface area contributed by atoms with E-state index in [1.807, 2.05) is 74.7 Å². The topological polar surface area (TPSA) is 220 Å². The van der Waals surface area contributed by atoms with Crippen molar-refractivity contribution in [2.24, 2.45) is 5.92 Å². The molecule has 2 amide bonds. The van der Waals surface area contributed by atoms with Gasteiger partial charge in [-0.3, -0.25) is 14.3 Å². The van der Waals surface area contributed by atoms with Crippen molar-refractivity contribution in [3.8, 4) is 0 Å². The third-order valence-electron chi connectivity index (χ3n) is 11.3. The predicted molar refractivity (Wildman–Crippen MR) is 208 cm³/mol. The third-order valence-corrected chi connectivity index (χ3v) is 14.3. The normalized spacial score (nSPS) is 29.5. The zero-order valence-electron chi connectivity index (χ0n) is 31.0. The SMILES string of the molecule is C[C@@H]1[C@@H]([Si](C)(C)O)[C@H](CCn2cc(C(CO)c3ccccc3)nn2)O[C@@]12C(=O)N(Cc1cccc(NC(=O)[C@H]3O[C@@H](O)[C@H](O)[C@@H](O)[C@@H]3O)c1)c1ccc(Br)cc12. The van der Waals surface area contributed by atoms with Gasteiger partial charge < -0.3 is 50.0 Å². The van der Waals surface area contributed by atoms with Crippen LogP contribution >= 0.6 is 15.9 Å². The van der Waals surface area contributed by atoms with Gasteiger partial charge in [-0.05, 0) is 61.0 Å². The Morgan fingerprint density at radius 3 is 2.48 bits per heavy atom. The molecule has 1 aromatic heterocycles. The maximum Gasteiger partial charge on any atom is 0.264 e. The van der Waals surface area contributed by atoms with Gasteiger partial charge in [0.25, 0.3) is 11.8 Å². The van der Waals surface area contributed by atoms with Gasteiger partial charge in [0, 0.05) is 39.9 Å². The molecule has 0 aliphatic carbocycles. The quantitative estimate of drug-likeness (QED) is 0.108. The number of aliphatic hydroxyl groups excluding tert-OH is 5. The minimum Gasteiger partial charge on any atom is -0.432 e. The van der Waals surface area contributed by atoms with Crippen LogP contribution in [0.5, 0.6) is 0 Å². The van der Waals surface area contributed by atoms with Crippen LogP contribution < -0.4 is 10.2 Å². The zero-order valence-corrected chi connectivity index (χ0v) is 33.6. The van der Waals surface area contributed by atoms with Crippen molar-refractivity contribution in [2.45, 2.75) is 93.4 Å². The highest BCUT2D eigenvalue weighted by Crippen LogP contribution is 2.60. The van der Waals surface area contributed by atoms with E-state index in [1.54, 1.807) is 33.8 Å². The number of ether oxygens (including phenoxy) is 2. The molecular formula is C39H46BrN5O10Si. The third kappa shape index (κ3) is 7.37. The Hall–Kier alpha value is -3.88. The Bertz CT molecular complexity index is 2070. The molecule has 0 bridgehead atoms. The van der Waals surface area contributed by atoms with Crippen LogP contribution in [-0.4, -0.2) is 109 Å². The number of benzene rings is 3. The number of amides is 2. The van der Waals surface area contributed by atoms with E-state index in [4.69, 9.17) is 9.47 Å². The van der Waals surface area contributed by atoms with E-state index < -0.39 is 62.6 Å². The van der Waals surface area contributed by atoms with Crippen molar-refractivity contribution in [1.29, 1.82) is 0 Å². The van der Waals surface area contributed by atoms with Gasteiger partial charge >= 0.3 is 0 Å². The molecule has 15 nitrogen and oxygen atoms in total. The van der Waals surface area contributed by atoms with E-state index in [9.17, 15) is 39.9 Å². The number of carbonyl (C=O) groups excluding carboxylic acids is 2. The Morgan fingerprint density at radius 2 is 1.77 bits per heavy atom. The summed E-state index contributed by atoms with van der Waals surface area (Å²) in [6, 6.07) is 21.9. The molecule has 7 N–H and O–H groups in total. The average molecular weight is 853 g/mol. The zero-order chi connectivity index (χ0) is 40.1. The highest BCUT2D eigenvalue weighted by atomic mass is 79.9. The fraction of sp³-hybridized carbons (Fsp3) is 0.436. The smallest absolute Gasteiger partial charge is 0.264 e. The molecule has 0 radical (unpaired) electrons. The summed E-state index contributed by atoms with van der Waals surface area (Å²) in [4.78, 5) is 41.4. The van der Waals surface area contributed by atoms with Gasteiger partial charge in [-0.2, -0.15) is 0 Å². The number of carbonyl (C=O) groups is 2. The molecule has 3 aromatic carbocycles. The van der Waals surface area contributed by atoms with Gasteiger partial charge in [0.05, 0.1) is 36.6 Å². The first kappa shape index (κ1) is 40.3. The minimum atomic E-state index is -2.96. The number of rotatable bonds is 11. The standard InChI is InChI=1S/C39H46BrN5O10Si/c1-21-35(56(2,3)53)30(14-15-44-19-28(42-43-44)26(20-46)23-9-5-4-6-10-23)55-39(21)27-17-24(40)12-13-29(27)45(38(39)52)18-22-8-7-11-25(16-22)41-36(50)34-32(48)31(47)33(49)37(51)54-34/h4-13,16-17,19,21,26,30-35,37,46-49,51,53H,14-15,18,20H2,1-3H3,(H,41,50)/t21-,26?,30+,31+,32+,33-,34+,35-,37-,39+/m1/s1. The first-order chi connectivity index (χ1) is 26.6. The molecule has 17 heteroatoms. The van der Waals surface area contributed by atoms with E-state index in [2.05, 4.69) is 31.6 Å². The summed E-state index contributed by atoms with van der Waals surface area (Å²) < 4.78 is 14.5. The monoisotopic (exact) mass is 851 g/mol. The van der Waals surface area contributed by atoms with Crippen molar-refractivity contribution in [3.05, 3.63) is 106 Å². The molecule has 56 heavy (non-hydrogen) atoms. The first-order valence-electron chi connectivity index (χ1n) is 18.5. The number of nitrogens with one attached hydrogen (secondary N) is 1. The Morgan fingerprint density at radius 1 is 1.02 bits per heavy atom. The van der Waals surface area contributed by atoms with Crippen LogP contribution in [0.4, 0.5) is 11.4 Å². The summed E-state index contributed by atoms with van der Waals surface area (Å²) in [5, 5.41) is 61.6. The van der Waals surface area contributed by atoms with Gasteiger partial charge in [-0.25, -0.2) is 0 Å². The number of fused-ring (bicyclic) bond motifs is 2. The number of halogens is 1. The second-order valence-electron chi connectivity index (χ2n) is 15.4. The van der Waals surface area contributed by atoms with Gasteiger partial charge in [0.1, 0.15) is 18.3 Å². The summed E-state index contributed by atoms with van der Waals surface area (Å²) >= 11 is 3.59. The summed E-state index contributed by atoms with van der Waals surface area (Å²) in [6.45, 7) is 6.06. The second-order valence-corrected chi connectivity index (χ2v) is 20.3. The maximum absolute atomic E-state index is 14.9. The molecule has 10 atom stereocenters. The van der Waals surface area contributed by atoms with Crippen LogP contribution in [0.2, 0.25) is 18.6 Å². The lowest BCUT2D eigenvalue weighted by atomic mass is 9.82. The Labute approximate surface area is 332 Å². The van der Waals surface area contributed by atoms with Gasteiger partial charge in [0.2, 0.25) is 0 Å². The molecule has 298 valence electrons. The molecule has 3 aliphatic heterocycles. The van der Waals surface area contributed by atoms with Crippen LogP contribution in [0.3, 0.4) is 0 Å². The molecule has 4 heterocycles. The number of hydrogen-bond donors (Lipinski definition) is 7. The number of anilines is 2. The van der Waals surface area contributed by atoms with Crippen LogP contribution in [0, 0.1) is 5.92 Å². The maximum atomic E-state index is 14.9. The molecule has 7 rings (SSSR count). The predicted octanol–water partition coefficient (Wildman–Crippen LogP) is 2.34. The first-order valence-corrected chi connectivity index (χ1v) is 22.3. The van der Waals surface area contributed by atoms with Crippen molar-refractivity contribution in [2.75, 3.05) is 16.8 Å². The van der Waals surface area contributed by atoms with E-state index in [0.29, 0.717) is 41.2 Å². The fourth-order valence-electron chi connectivity index (χ4n) is 8.59. The molecular weight excluding hydrogens is 806 g/mol. The molecule has 4 aromatic rings. The molecule has 2 fully saturated rings. The number of aliphatic hydroxyl groups is 5.